The van der Waals surface area contributed by atoms with Crippen molar-refractivity contribution in [2.24, 2.45) is 0 Å². The van der Waals surface area contributed by atoms with E-state index in [4.69, 9.17) is 15.9 Å². The molecule has 0 radical (unpaired) electrons. The van der Waals surface area contributed by atoms with Gasteiger partial charge in [-0.25, -0.2) is 4.79 Å². The molecule has 0 aromatic heterocycles. The minimum Gasteiger partial charge on any atom is -0.466 e. The van der Waals surface area contributed by atoms with E-state index < -0.39 is 41.6 Å². The summed E-state index contributed by atoms with van der Waals surface area (Å²) in [4.78, 5) is 53.7. The van der Waals surface area contributed by atoms with Crippen molar-refractivity contribution in [3.63, 3.8) is 0 Å². The Balaban J connectivity index is 2.47. The van der Waals surface area contributed by atoms with Crippen molar-refractivity contribution < 1.29 is 28.7 Å². The van der Waals surface area contributed by atoms with Gasteiger partial charge in [-0.1, -0.05) is 54.5 Å². The lowest BCUT2D eigenvalue weighted by molar-refractivity contribution is -0.144. The van der Waals surface area contributed by atoms with Gasteiger partial charge in [0.05, 0.1) is 13.0 Å². The summed E-state index contributed by atoms with van der Waals surface area (Å²) in [5.74, 6) is 1.04. The van der Waals surface area contributed by atoms with Gasteiger partial charge in [0.2, 0.25) is 11.8 Å². The van der Waals surface area contributed by atoms with Crippen molar-refractivity contribution in [3.05, 3.63) is 83.9 Å². The fourth-order valence-corrected chi connectivity index (χ4v) is 4.01. The van der Waals surface area contributed by atoms with Gasteiger partial charge in [0.1, 0.15) is 17.7 Å². The van der Waals surface area contributed by atoms with Crippen LogP contribution in [0.3, 0.4) is 0 Å². The maximum absolute atomic E-state index is 14.2. The third-order valence-corrected chi connectivity index (χ3v) is 5.77. The van der Waals surface area contributed by atoms with E-state index in [1.165, 1.54) is 11.0 Å². The molecule has 0 saturated heterocycles. The number of nitrogens with one attached hydrogen (secondary N) is 2. The van der Waals surface area contributed by atoms with E-state index in [2.05, 4.69) is 23.1 Å². The largest absolute Gasteiger partial charge is 0.466 e. The van der Waals surface area contributed by atoms with Gasteiger partial charge in [-0.15, -0.1) is 13.0 Å². The first-order valence-corrected chi connectivity index (χ1v) is 13.4. The van der Waals surface area contributed by atoms with Gasteiger partial charge in [0.25, 0.3) is 0 Å². The van der Waals surface area contributed by atoms with Gasteiger partial charge in [-0.05, 0) is 51.0 Å². The van der Waals surface area contributed by atoms with Crippen LogP contribution in [0.15, 0.2) is 67.3 Å². The van der Waals surface area contributed by atoms with Gasteiger partial charge in [-0.3, -0.25) is 14.4 Å². The van der Waals surface area contributed by atoms with Crippen LogP contribution in [-0.4, -0.2) is 60.1 Å². The van der Waals surface area contributed by atoms with Crippen LogP contribution in [0.25, 0.3) is 0 Å². The SMILES string of the molecule is C#Cc1ccc(C(C(=O)NCCC(=O)OCC)N(CC=C)C(=O)C(Cc2ccccc2)NC(=O)OC(C)(C)C)cc1. The molecule has 0 bridgehead atoms. The molecular weight excluding hydrogens is 522 g/mol. The van der Waals surface area contributed by atoms with Crippen molar-refractivity contribution in [1.29, 1.82) is 0 Å². The van der Waals surface area contributed by atoms with Crippen molar-refractivity contribution in [2.75, 3.05) is 19.7 Å². The monoisotopic (exact) mass is 561 g/mol. The average Bonchev–Trinajstić information content (AvgIpc) is 2.92. The van der Waals surface area contributed by atoms with Crippen molar-refractivity contribution in [3.8, 4) is 12.3 Å². The molecule has 2 unspecified atom stereocenters. The molecule has 0 aliphatic carbocycles. The Hall–Kier alpha value is -4.58. The summed E-state index contributed by atoms with van der Waals surface area (Å²) in [6.07, 6.45) is 6.36. The van der Waals surface area contributed by atoms with Crippen LogP contribution >= 0.6 is 0 Å². The van der Waals surface area contributed by atoms with E-state index in [1.54, 1.807) is 52.0 Å². The molecule has 0 heterocycles. The molecule has 2 atom stereocenters. The molecule has 9 heteroatoms. The normalized spacial score (nSPS) is 12.2. The van der Waals surface area contributed by atoms with E-state index in [0.717, 1.165) is 5.56 Å². The Kier molecular flexibility index (Phi) is 12.6. The van der Waals surface area contributed by atoms with Gasteiger partial charge >= 0.3 is 12.1 Å². The molecule has 2 aromatic carbocycles. The van der Waals surface area contributed by atoms with E-state index >= 15 is 0 Å². The topological polar surface area (TPSA) is 114 Å². The minimum atomic E-state index is -1.12. The van der Waals surface area contributed by atoms with Crippen LogP contribution < -0.4 is 10.6 Å². The third-order valence-electron chi connectivity index (χ3n) is 5.77. The third kappa shape index (κ3) is 10.8. The summed E-state index contributed by atoms with van der Waals surface area (Å²) >= 11 is 0. The number of amides is 3. The van der Waals surface area contributed by atoms with Gasteiger partial charge in [-0.2, -0.15) is 0 Å². The second kappa shape index (κ2) is 15.9. The predicted molar refractivity (Wildman–Crippen MR) is 157 cm³/mol. The van der Waals surface area contributed by atoms with Crippen LogP contribution in [0.4, 0.5) is 4.79 Å². The lowest BCUT2D eigenvalue weighted by Gasteiger charge is -2.34. The minimum absolute atomic E-state index is 0.00697. The first kappa shape index (κ1) is 32.6. The van der Waals surface area contributed by atoms with Gasteiger partial charge in [0.15, 0.2) is 0 Å². The highest BCUT2D eigenvalue weighted by Gasteiger charge is 2.36. The second-order valence-electron chi connectivity index (χ2n) is 10.2. The first-order valence-electron chi connectivity index (χ1n) is 13.4. The van der Waals surface area contributed by atoms with E-state index in [0.29, 0.717) is 11.1 Å². The lowest BCUT2D eigenvalue weighted by Crippen LogP contribution is -2.54. The molecule has 0 saturated carbocycles. The zero-order chi connectivity index (χ0) is 30.4. The number of rotatable bonds is 13. The average molecular weight is 562 g/mol. The molecule has 0 spiro atoms. The van der Waals surface area contributed by atoms with Gasteiger partial charge in [0, 0.05) is 25.1 Å². The number of alkyl carbamates (subject to hydrolysis) is 1. The van der Waals surface area contributed by atoms with Gasteiger partial charge < -0.3 is 25.0 Å². The summed E-state index contributed by atoms with van der Waals surface area (Å²) in [7, 11) is 0. The Morgan fingerprint density at radius 3 is 2.29 bits per heavy atom. The molecule has 2 N–H and O–H groups in total. The summed E-state index contributed by atoms with van der Waals surface area (Å²) in [5.41, 5.74) is 1.11. The standard InChI is InChI=1S/C32H39N3O6/c1-7-21-35(30(38)26(22-24-13-11-10-12-14-24)34-31(39)41-32(4,5)6)28(25-17-15-23(8-2)16-18-25)29(37)33-20-19-27(36)40-9-3/h2,7,10-18,26,28H,1,9,19-22H2,3-6H3,(H,33,37)(H,34,39). The first-order chi connectivity index (χ1) is 19.5. The predicted octanol–water partition coefficient (Wildman–Crippen LogP) is 3.93. The quantitative estimate of drug-likeness (QED) is 0.218. The smallest absolute Gasteiger partial charge is 0.408 e. The summed E-state index contributed by atoms with van der Waals surface area (Å²) in [6.45, 7) is 10.9. The molecule has 0 aliphatic heterocycles. The fraction of sp³-hybridized carbons (Fsp3) is 0.375. The molecular formula is C32H39N3O6. The van der Waals surface area contributed by atoms with Crippen LogP contribution in [0, 0.1) is 12.3 Å². The van der Waals surface area contributed by atoms with E-state index in [1.807, 2.05) is 30.3 Å². The fourth-order valence-electron chi connectivity index (χ4n) is 4.01. The number of carbonyl (C=O) groups is 4. The molecule has 9 nitrogen and oxygen atoms in total. The molecule has 2 aromatic rings. The number of nitrogens with zero attached hydrogens (tertiary/aromatic N) is 1. The summed E-state index contributed by atoms with van der Waals surface area (Å²) < 4.78 is 10.4. The number of hydrogen-bond acceptors (Lipinski definition) is 6. The molecule has 2 rings (SSSR count). The number of ether oxygens (including phenoxy) is 2. The van der Waals surface area contributed by atoms with E-state index in [-0.39, 0.29) is 32.5 Å². The van der Waals surface area contributed by atoms with Crippen LogP contribution in [-0.2, 0) is 30.3 Å². The summed E-state index contributed by atoms with van der Waals surface area (Å²) in [6, 6.07) is 13.7. The zero-order valence-electron chi connectivity index (χ0n) is 24.1. The van der Waals surface area contributed by atoms with Crippen LogP contribution in [0.5, 0.6) is 0 Å². The highest BCUT2D eigenvalue weighted by molar-refractivity contribution is 5.92. The number of esters is 1. The Bertz CT molecular complexity index is 1230. The van der Waals surface area contributed by atoms with Crippen molar-refractivity contribution in [1.82, 2.24) is 15.5 Å². The van der Waals surface area contributed by atoms with Crippen molar-refractivity contribution in [2.45, 2.75) is 58.2 Å². The molecule has 218 valence electrons. The van der Waals surface area contributed by atoms with Crippen LogP contribution in [0.1, 0.15) is 56.8 Å². The highest BCUT2D eigenvalue weighted by Crippen LogP contribution is 2.24. The second-order valence-corrected chi connectivity index (χ2v) is 10.2. The number of benzene rings is 2. The highest BCUT2D eigenvalue weighted by atomic mass is 16.6. The molecule has 41 heavy (non-hydrogen) atoms. The molecule has 0 fully saturated rings. The van der Waals surface area contributed by atoms with Crippen molar-refractivity contribution >= 4 is 23.9 Å². The zero-order valence-corrected chi connectivity index (χ0v) is 24.1. The molecule has 3 amide bonds. The number of hydrogen-bond donors (Lipinski definition) is 2. The Morgan fingerprint density at radius 2 is 1.73 bits per heavy atom. The Labute approximate surface area is 242 Å². The van der Waals surface area contributed by atoms with E-state index in [9.17, 15) is 19.2 Å². The number of terminal acetylenes is 1. The summed E-state index contributed by atoms with van der Waals surface area (Å²) in [5, 5.41) is 5.42. The number of carbonyl (C=O) groups excluding carboxylic acids is 4. The van der Waals surface area contributed by atoms with Crippen LogP contribution in [0.2, 0.25) is 0 Å². The maximum Gasteiger partial charge on any atom is 0.408 e. The lowest BCUT2D eigenvalue weighted by atomic mass is 9.99. The maximum atomic E-state index is 14.2. The Morgan fingerprint density at radius 1 is 1.07 bits per heavy atom. The molecule has 0 aliphatic rings.